The summed E-state index contributed by atoms with van der Waals surface area (Å²) >= 11 is 1.53. The third-order valence-corrected chi connectivity index (χ3v) is 4.20. The Bertz CT molecular complexity index is 857. The number of rotatable bonds is 6. The first-order chi connectivity index (χ1) is 11.6. The second kappa shape index (κ2) is 6.71. The second-order valence-corrected chi connectivity index (χ2v) is 5.83. The molecule has 2 aromatic heterocycles. The number of thiophene rings is 1. The van der Waals surface area contributed by atoms with Crippen molar-refractivity contribution < 1.29 is 18.8 Å². The first-order valence-electron chi connectivity index (χ1n) is 7.04. The fraction of sp³-hybridized carbons (Fsp3) is 0.188. The zero-order chi connectivity index (χ0) is 17.1. The molecule has 0 amide bonds. The lowest BCUT2D eigenvalue weighted by Gasteiger charge is -2.09. The molecular formula is C16H14N2O5S. The van der Waals surface area contributed by atoms with E-state index in [0.29, 0.717) is 23.1 Å². The van der Waals surface area contributed by atoms with Crippen molar-refractivity contribution in [2.45, 2.75) is 13.5 Å². The summed E-state index contributed by atoms with van der Waals surface area (Å²) in [5.74, 6) is 1.88. The summed E-state index contributed by atoms with van der Waals surface area (Å²) in [5, 5.41) is 12.8. The van der Waals surface area contributed by atoms with Gasteiger partial charge in [0.2, 0.25) is 5.89 Å². The van der Waals surface area contributed by atoms with Gasteiger partial charge in [-0.1, -0.05) is 6.07 Å². The van der Waals surface area contributed by atoms with Crippen LogP contribution in [0.1, 0.15) is 11.5 Å². The molecular weight excluding hydrogens is 332 g/mol. The number of ether oxygens (including phenoxy) is 2. The Labute approximate surface area is 141 Å². The number of hydrogen-bond acceptors (Lipinski definition) is 7. The van der Waals surface area contributed by atoms with Gasteiger partial charge in [-0.25, -0.2) is 4.98 Å². The van der Waals surface area contributed by atoms with Crippen LogP contribution in [0.25, 0.3) is 10.8 Å². The van der Waals surface area contributed by atoms with E-state index in [1.54, 1.807) is 6.92 Å². The maximum Gasteiger partial charge on any atom is 0.273 e. The number of nitro benzene ring substituents is 1. The highest BCUT2D eigenvalue weighted by Crippen LogP contribution is 2.32. The standard InChI is InChI=1S/C16H14N2O5S/c1-10-12(17-16(23-10)15-4-3-7-24-15)9-22-14-8-11(18(19)20)5-6-13(14)21-2/h3-8H,9H2,1-2H3. The Morgan fingerprint density at radius 1 is 1.33 bits per heavy atom. The molecule has 0 unspecified atom stereocenters. The van der Waals surface area contributed by atoms with Gasteiger partial charge in [0.25, 0.3) is 5.69 Å². The second-order valence-electron chi connectivity index (χ2n) is 4.88. The Morgan fingerprint density at radius 2 is 2.17 bits per heavy atom. The molecule has 0 bridgehead atoms. The first kappa shape index (κ1) is 16.0. The van der Waals surface area contributed by atoms with Crippen LogP contribution in [0.3, 0.4) is 0 Å². The third-order valence-electron chi connectivity index (χ3n) is 3.35. The summed E-state index contributed by atoms with van der Waals surface area (Å²) in [6.07, 6.45) is 0. The van der Waals surface area contributed by atoms with Crippen LogP contribution in [0.15, 0.2) is 40.1 Å². The van der Waals surface area contributed by atoms with Crippen molar-refractivity contribution in [1.82, 2.24) is 4.98 Å². The molecule has 2 heterocycles. The van der Waals surface area contributed by atoms with Crippen LogP contribution in [0.2, 0.25) is 0 Å². The number of hydrogen-bond donors (Lipinski definition) is 0. The monoisotopic (exact) mass is 346 g/mol. The summed E-state index contributed by atoms with van der Waals surface area (Å²) in [6, 6.07) is 8.03. The van der Waals surface area contributed by atoms with Crippen LogP contribution in [-0.2, 0) is 6.61 Å². The van der Waals surface area contributed by atoms with Crippen LogP contribution in [0.5, 0.6) is 11.5 Å². The number of non-ortho nitro benzene ring substituents is 1. The lowest BCUT2D eigenvalue weighted by molar-refractivity contribution is -0.385. The lowest BCUT2D eigenvalue weighted by atomic mass is 10.3. The summed E-state index contributed by atoms with van der Waals surface area (Å²) < 4.78 is 16.5. The maximum absolute atomic E-state index is 10.9. The molecule has 0 saturated heterocycles. The average Bonchev–Trinajstić information content (AvgIpc) is 3.22. The van der Waals surface area contributed by atoms with Gasteiger partial charge in [-0.3, -0.25) is 10.1 Å². The van der Waals surface area contributed by atoms with Crippen molar-refractivity contribution in [2.24, 2.45) is 0 Å². The number of aryl methyl sites for hydroxylation is 1. The van der Waals surface area contributed by atoms with Crippen LogP contribution in [0, 0.1) is 17.0 Å². The lowest BCUT2D eigenvalue weighted by Crippen LogP contribution is -2.00. The van der Waals surface area contributed by atoms with Gasteiger partial charge in [-0.05, 0) is 24.4 Å². The van der Waals surface area contributed by atoms with Crippen molar-refractivity contribution >= 4 is 17.0 Å². The van der Waals surface area contributed by atoms with Crippen LogP contribution >= 0.6 is 11.3 Å². The Morgan fingerprint density at radius 3 is 2.83 bits per heavy atom. The molecule has 0 atom stereocenters. The van der Waals surface area contributed by atoms with Crippen molar-refractivity contribution in [2.75, 3.05) is 7.11 Å². The molecule has 8 heteroatoms. The van der Waals surface area contributed by atoms with Crippen LogP contribution in [-0.4, -0.2) is 17.0 Å². The molecule has 0 aliphatic heterocycles. The largest absolute Gasteiger partial charge is 0.493 e. The van der Waals surface area contributed by atoms with E-state index in [0.717, 1.165) is 4.88 Å². The van der Waals surface area contributed by atoms with Crippen molar-refractivity contribution in [3.8, 4) is 22.3 Å². The minimum absolute atomic E-state index is 0.0676. The summed E-state index contributed by atoms with van der Waals surface area (Å²) in [6.45, 7) is 1.92. The van der Waals surface area contributed by atoms with Gasteiger partial charge in [0.05, 0.1) is 23.0 Å². The molecule has 0 spiro atoms. The van der Waals surface area contributed by atoms with E-state index >= 15 is 0 Å². The Kier molecular flexibility index (Phi) is 4.48. The molecule has 0 aliphatic carbocycles. The van der Waals surface area contributed by atoms with Gasteiger partial charge in [0.15, 0.2) is 11.5 Å². The third kappa shape index (κ3) is 3.23. The highest BCUT2D eigenvalue weighted by molar-refractivity contribution is 7.13. The number of nitrogens with zero attached hydrogens (tertiary/aromatic N) is 2. The fourth-order valence-corrected chi connectivity index (χ4v) is 2.75. The molecule has 0 aliphatic rings. The molecule has 124 valence electrons. The van der Waals surface area contributed by atoms with Gasteiger partial charge in [0, 0.05) is 6.07 Å². The predicted molar refractivity (Wildman–Crippen MR) is 88.5 cm³/mol. The number of methoxy groups -OCH3 is 1. The van der Waals surface area contributed by atoms with Crippen molar-refractivity contribution in [3.05, 3.63) is 57.3 Å². The zero-order valence-corrected chi connectivity index (χ0v) is 13.8. The first-order valence-corrected chi connectivity index (χ1v) is 7.92. The van der Waals surface area contributed by atoms with Gasteiger partial charge in [-0.2, -0.15) is 0 Å². The van der Waals surface area contributed by atoms with E-state index in [4.69, 9.17) is 13.9 Å². The van der Waals surface area contributed by atoms with Crippen LogP contribution in [0.4, 0.5) is 5.69 Å². The Balaban J connectivity index is 1.81. The van der Waals surface area contributed by atoms with E-state index < -0.39 is 4.92 Å². The van der Waals surface area contributed by atoms with E-state index in [2.05, 4.69) is 4.98 Å². The highest BCUT2D eigenvalue weighted by Gasteiger charge is 2.16. The van der Waals surface area contributed by atoms with Crippen molar-refractivity contribution in [3.63, 3.8) is 0 Å². The van der Waals surface area contributed by atoms with Gasteiger partial charge < -0.3 is 13.9 Å². The minimum Gasteiger partial charge on any atom is -0.493 e. The molecule has 1 aromatic carbocycles. The summed E-state index contributed by atoms with van der Waals surface area (Å²) in [7, 11) is 1.48. The van der Waals surface area contributed by atoms with E-state index in [9.17, 15) is 10.1 Å². The molecule has 7 nitrogen and oxygen atoms in total. The van der Waals surface area contributed by atoms with Gasteiger partial charge in [-0.15, -0.1) is 11.3 Å². The highest BCUT2D eigenvalue weighted by atomic mass is 32.1. The van der Waals surface area contributed by atoms with Gasteiger partial charge in [0.1, 0.15) is 18.1 Å². The molecule has 0 N–H and O–H groups in total. The van der Waals surface area contributed by atoms with E-state index in [-0.39, 0.29) is 18.0 Å². The SMILES string of the molecule is COc1ccc([N+](=O)[O-])cc1OCc1nc(-c2cccs2)oc1C. The summed E-state index contributed by atoms with van der Waals surface area (Å²) in [4.78, 5) is 15.8. The molecule has 0 radical (unpaired) electrons. The molecule has 3 aromatic rings. The summed E-state index contributed by atoms with van der Waals surface area (Å²) in [5.41, 5.74) is 0.564. The predicted octanol–water partition coefficient (Wildman–Crippen LogP) is 4.21. The van der Waals surface area contributed by atoms with E-state index in [1.165, 1.54) is 36.6 Å². The average molecular weight is 346 g/mol. The smallest absolute Gasteiger partial charge is 0.273 e. The molecule has 3 rings (SSSR count). The Hall–Kier alpha value is -2.87. The quantitative estimate of drug-likeness (QED) is 0.491. The topological polar surface area (TPSA) is 87.6 Å². The number of benzene rings is 1. The van der Waals surface area contributed by atoms with E-state index in [1.807, 2.05) is 17.5 Å². The zero-order valence-electron chi connectivity index (χ0n) is 13.0. The number of aromatic nitrogens is 1. The normalized spacial score (nSPS) is 10.6. The molecule has 0 saturated carbocycles. The number of oxazole rings is 1. The fourth-order valence-electron chi connectivity index (χ4n) is 2.11. The van der Waals surface area contributed by atoms with Gasteiger partial charge >= 0.3 is 0 Å². The van der Waals surface area contributed by atoms with Crippen LogP contribution < -0.4 is 9.47 Å². The minimum atomic E-state index is -0.484. The van der Waals surface area contributed by atoms with Crippen molar-refractivity contribution in [1.29, 1.82) is 0 Å². The number of nitro groups is 1. The molecule has 24 heavy (non-hydrogen) atoms. The molecule has 0 fully saturated rings. The maximum atomic E-state index is 10.9.